The second-order valence-corrected chi connectivity index (χ2v) is 5.26. The molecule has 0 saturated carbocycles. The predicted molar refractivity (Wildman–Crippen MR) is 78.3 cm³/mol. The van der Waals surface area contributed by atoms with E-state index in [1.54, 1.807) is 0 Å². The van der Waals surface area contributed by atoms with Gasteiger partial charge in [0.1, 0.15) is 0 Å². The summed E-state index contributed by atoms with van der Waals surface area (Å²) in [7, 11) is 1.98. The minimum absolute atomic E-state index is 0.205. The Labute approximate surface area is 116 Å². The second kappa shape index (κ2) is 7.78. The first-order valence-corrected chi connectivity index (χ1v) is 7.00. The largest absolute Gasteiger partial charge is 0.377 e. The molecule has 0 amide bonds. The van der Waals surface area contributed by atoms with Gasteiger partial charge in [0.2, 0.25) is 0 Å². The molecule has 0 saturated heterocycles. The van der Waals surface area contributed by atoms with Crippen LogP contribution in [-0.4, -0.2) is 25.8 Å². The van der Waals surface area contributed by atoms with Crippen LogP contribution in [0.15, 0.2) is 24.3 Å². The molecule has 2 atom stereocenters. The third kappa shape index (κ3) is 4.27. The van der Waals surface area contributed by atoms with Gasteiger partial charge in [-0.1, -0.05) is 43.6 Å². The van der Waals surface area contributed by atoms with Gasteiger partial charge in [-0.15, -0.1) is 0 Å². The summed E-state index contributed by atoms with van der Waals surface area (Å²) in [6.07, 6.45) is 1.09. The van der Waals surface area contributed by atoms with Crippen LogP contribution in [0.3, 0.4) is 0 Å². The average molecular weight is 270 g/mol. The lowest BCUT2D eigenvalue weighted by atomic mass is 9.94. The van der Waals surface area contributed by atoms with Gasteiger partial charge < -0.3 is 10.1 Å². The number of ether oxygens (including phenoxy) is 1. The molecule has 1 rings (SSSR count). The lowest BCUT2D eigenvalue weighted by molar-refractivity contribution is 0.00536. The number of rotatable bonds is 7. The molecule has 0 aromatic heterocycles. The fourth-order valence-corrected chi connectivity index (χ4v) is 2.46. The number of benzene rings is 1. The summed E-state index contributed by atoms with van der Waals surface area (Å²) in [5.74, 6) is 0.477. The number of likely N-dealkylation sites (N-methyl/N-ethyl adjacent to an activating group) is 1. The summed E-state index contributed by atoms with van der Waals surface area (Å²) in [6.45, 7) is 7.16. The van der Waals surface area contributed by atoms with Crippen LogP contribution in [-0.2, 0) is 11.2 Å². The highest BCUT2D eigenvalue weighted by Gasteiger charge is 2.24. The van der Waals surface area contributed by atoms with E-state index in [2.05, 4.69) is 25.2 Å². The zero-order valence-electron chi connectivity index (χ0n) is 11.7. The highest BCUT2D eigenvalue weighted by atomic mass is 35.5. The van der Waals surface area contributed by atoms with Crippen LogP contribution in [0.5, 0.6) is 0 Å². The van der Waals surface area contributed by atoms with Crippen molar-refractivity contribution in [3.05, 3.63) is 34.9 Å². The maximum absolute atomic E-state index is 6.22. The standard InChI is InChI=1S/C15H24ClNO/c1-5-18-15(11(2)3)14(17-4)10-12-8-6-7-9-13(12)16/h6-9,11,14-15,17H,5,10H2,1-4H3. The van der Waals surface area contributed by atoms with Gasteiger partial charge in [-0.2, -0.15) is 0 Å². The molecule has 0 aliphatic heterocycles. The Morgan fingerprint density at radius 2 is 1.94 bits per heavy atom. The number of nitrogens with one attached hydrogen (secondary N) is 1. The number of hydrogen-bond acceptors (Lipinski definition) is 2. The molecule has 0 spiro atoms. The molecule has 2 nitrogen and oxygen atoms in total. The van der Waals surface area contributed by atoms with E-state index >= 15 is 0 Å². The zero-order chi connectivity index (χ0) is 13.5. The molecule has 0 aliphatic rings. The van der Waals surface area contributed by atoms with Crippen molar-refractivity contribution < 1.29 is 4.74 Å². The Hall–Kier alpha value is -0.570. The van der Waals surface area contributed by atoms with E-state index < -0.39 is 0 Å². The van der Waals surface area contributed by atoms with Crippen molar-refractivity contribution in [3.8, 4) is 0 Å². The first-order chi connectivity index (χ1) is 8.60. The summed E-state index contributed by atoms with van der Waals surface area (Å²) in [5.41, 5.74) is 1.17. The molecule has 0 fully saturated rings. The monoisotopic (exact) mass is 269 g/mol. The maximum Gasteiger partial charge on any atom is 0.0753 e. The van der Waals surface area contributed by atoms with E-state index in [4.69, 9.17) is 16.3 Å². The smallest absolute Gasteiger partial charge is 0.0753 e. The van der Waals surface area contributed by atoms with Crippen LogP contribution in [0.1, 0.15) is 26.3 Å². The van der Waals surface area contributed by atoms with Crippen molar-refractivity contribution in [2.45, 2.75) is 39.3 Å². The van der Waals surface area contributed by atoms with Crippen molar-refractivity contribution in [2.24, 2.45) is 5.92 Å². The Morgan fingerprint density at radius 3 is 2.44 bits per heavy atom. The SMILES string of the molecule is CCOC(C(C)C)C(Cc1ccccc1Cl)NC. The van der Waals surface area contributed by atoms with Crippen molar-refractivity contribution in [3.63, 3.8) is 0 Å². The molecule has 3 heteroatoms. The zero-order valence-corrected chi connectivity index (χ0v) is 12.5. The van der Waals surface area contributed by atoms with Gasteiger partial charge in [-0.25, -0.2) is 0 Å². The molecule has 18 heavy (non-hydrogen) atoms. The normalized spacial score (nSPS) is 14.8. The van der Waals surface area contributed by atoms with Crippen LogP contribution in [0.4, 0.5) is 0 Å². The second-order valence-electron chi connectivity index (χ2n) is 4.85. The molecule has 0 radical (unpaired) electrons. The topological polar surface area (TPSA) is 21.3 Å². The van der Waals surface area contributed by atoms with E-state index in [0.717, 1.165) is 18.1 Å². The Balaban J connectivity index is 2.79. The van der Waals surface area contributed by atoms with Crippen LogP contribution in [0.2, 0.25) is 5.02 Å². The van der Waals surface area contributed by atoms with Crippen molar-refractivity contribution in [2.75, 3.05) is 13.7 Å². The van der Waals surface area contributed by atoms with Crippen LogP contribution in [0, 0.1) is 5.92 Å². The molecule has 102 valence electrons. The summed E-state index contributed by atoms with van der Waals surface area (Å²) in [5, 5.41) is 4.19. The van der Waals surface area contributed by atoms with E-state index in [0.29, 0.717) is 5.92 Å². The summed E-state index contributed by atoms with van der Waals surface area (Å²) >= 11 is 6.22. The Bertz CT molecular complexity index is 354. The fourth-order valence-electron chi connectivity index (χ4n) is 2.25. The molecule has 1 aromatic rings. The predicted octanol–water partition coefficient (Wildman–Crippen LogP) is 3.53. The summed E-state index contributed by atoms with van der Waals surface area (Å²) < 4.78 is 5.86. The highest BCUT2D eigenvalue weighted by Crippen LogP contribution is 2.20. The van der Waals surface area contributed by atoms with Crippen molar-refractivity contribution in [1.82, 2.24) is 5.32 Å². The molecule has 1 aromatic carbocycles. The van der Waals surface area contributed by atoms with Crippen LogP contribution < -0.4 is 5.32 Å². The first kappa shape index (κ1) is 15.5. The quantitative estimate of drug-likeness (QED) is 0.818. The Morgan fingerprint density at radius 1 is 1.28 bits per heavy atom. The minimum Gasteiger partial charge on any atom is -0.377 e. The number of hydrogen-bond donors (Lipinski definition) is 1. The molecule has 0 bridgehead atoms. The van der Waals surface area contributed by atoms with Crippen LogP contribution in [0.25, 0.3) is 0 Å². The average Bonchev–Trinajstić information content (AvgIpc) is 2.35. The van der Waals surface area contributed by atoms with E-state index in [-0.39, 0.29) is 12.1 Å². The summed E-state index contributed by atoms with van der Waals surface area (Å²) in [4.78, 5) is 0. The fraction of sp³-hybridized carbons (Fsp3) is 0.600. The molecular formula is C15H24ClNO. The molecule has 0 heterocycles. The number of halogens is 1. The summed E-state index contributed by atoms with van der Waals surface area (Å²) in [6, 6.07) is 8.29. The first-order valence-electron chi connectivity index (χ1n) is 6.62. The molecule has 0 aliphatic carbocycles. The van der Waals surface area contributed by atoms with Gasteiger partial charge in [0, 0.05) is 17.7 Å². The molecular weight excluding hydrogens is 246 g/mol. The van der Waals surface area contributed by atoms with Gasteiger partial charge in [0.05, 0.1) is 6.10 Å². The van der Waals surface area contributed by atoms with Gasteiger partial charge in [0.15, 0.2) is 0 Å². The third-order valence-electron chi connectivity index (χ3n) is 3.18. The maximum atomic E-state index is 6.22. The van der Waals surface area contributed by atoms with E-state index in [9.17, 15) is 0 Å². The Kier molecular flexibility index (Phi) is 6.69. The lowest BCUT2D eigenvalue weighted by Crippen LogP contribution is -2.44. The van der Waals surface area contributed by atoms with Gasteiger partial charge in [0.25, 0.3) is 0 Å². The van der Waals surface area contributed by atoms with E-state index in [1.165, 1.54) is 5.56 Å². The van der Waals surface area contributed by atoms with Crippen molar-refractivity contribution >= 4 is 11.6 Å². The molecule has 1 N–H and O–H groups in total. The third-order valence-corrected chi connectivity index (χ3v) is 3.55. The van der Waals surface area contributed by atoms with Crippen molar-refractivity contribution in [1.29, 1.82) is 0 Å². The van der Waals surface area contributed by atoms with Gasteiger partial charge >= 0.3 is 0 Å². The molecule has 2 unspecified atom stereocenters. The van der Waals surface area contributed by atoms with Gasteiger partial charge in [-0.3, -0.25) is 0 Å². The minimum atomic E-state index is 0.205. The van der Waals surface area contributed by atoms with E-state index in [1.807, 2.05) is 32.2 Å². The van der Waals surface area contributed by atoms with Crippen LogP contribution >= 0.6 is 11.6 Å². The highest BCUT2D eigenvalue weighted by molar-refractivity contribution is 6.31. The lowest BCUT2D eigenvalue weighted by Gasteiger charge is -2.30. The van der Waals surface area contributed by atoms with Gasteiger partial charge in [-0.05, 0) is 37.9 Å².